The molecule has 2 fully saturated rings. The molecule has 2 saturated heterocycles. The molecule has 2 nitrogen and oxygen atoms in total. The highest BCUT2D eigenvalue weighted by Crippen LogP contribution is 2.45. The van der Waals surface area contributed by atoms with E-state index in [1.807, 2.05) is 0 Å². The highest BCUT2D eigenvalue weighted by atomic mass is 16.5. The second-order valence-corrected chi connectivity index (χ2v) is 5.69. The zero-order valence-corrected chi connectivity index (χ0v) is 9.73. The summed E-state index contributed by atoms with van der Waals surface area (Å²) in [5.41, 5.74) is 0.668. The molecule has 2 atom stereocenters. The van der Waals surface area contributed by atoms with Crippen molar-refractivity contribution in [3.8, 4) is 0 Å². The van der Waals surface area contributed by atoms with Crippen LogP contribution in [0, 0.1) is 11.3 Å². The van der Waals surface area contributed by atoms with Crippen molar-refractivity contribution in [2.45, 2.75) is 45.6 Å². The van der Waals surface area contributed by atoms with Crippen LogP contribution in [0.5, 0.6) is 0 Å². The monoisotopic (exact) mass is 197 g/mol. The van der Waals surface area contributed by atoms with Crippen LogP contribution in [0.2, 0.25) is 0 Å². The predicted octanol–water partition coefficient (Wildman–Crippen LogP) is 2.19. The van der Waals surface area contributed by atoms with Gasteiger partial charge in [0.1, 0.15) is 0 Å². The van der Waals surface area contributed by atoms with E-state index in [0.29, 0.717) is 5.41 Å². The van der Waals surface area contributed by atoms with Gasteiger partial charge in [0.25, 0.3) is 0 Å². The van der Waals surface area contributed by atoms with Crippen molar-refractivity contribution < 1.29 is 4.74 Å². The van der Waals surface area contributed by atoms with E-state index in [0.717, 1.165) is 25.6 Å². The maximum atomic E-state index is 6.01. The lowest BCUT2D eigenvalue weighted by Crippen LogP contribution is -2.47. The average Bonchev–Trinajstić information content (AvgIpc) is 2.53. The first kappa shape index (κ1) is 10.4. The van der Waals surface area contributed by atoms with E-state index in [1.165, 1.54) is 19.3 Å². The molecule has 0 aromatic rings. The Balaban J connectivity index is 2.10. The minimum Gasteiger partial charge on any atom is -0.374 e. The summed E-state index contributed by atoms with van der Waals surface area (Å²) in [4.78, 5) is 0. The van der Waals surface area contributed by atoms with E-state index in [4.69, 9.17) is 4.74 Å². The van der Waals surface area contributed by atoms with Gasteiger partial charge in [-0.3, -0.25) is 0 Å². The molecule has 2 heterocycles. The van der Waals surface area contributed by atoms with E-state index >= 15 is 0 Å². The lowest BCUT2D eigenvalue weighted by Gasteiger charge is -2.46. The molecule has 2 unspecified atom stereocenters. The summed E-state index contributed by atoms with van der Waals surface area (Å²) in [7, 11) is 0. The first-order chi connectivity index (χ1) is 6.56. The third-order valence-corrected chi connectivity index (χ3v) is 4.41. The molecule has 1 N–H and O–H groups in total. The minimum atomic E-state index is 0.178. The Hall–Kier alpha value is -0.0800. The van der Waals surface area contributed by atoms with Crippen molar-refractivity contribution in [2.24, 2.45) is 11.3 Å². The van der Waals surface area contributed by atoms with Gasteiger partial charge in [-0.25, -0.2) is 0 Å². The van der Waals surface area contributed by atoms with Crippen LogP contribution in [-0.4, -0.2) is 25.3 Å². The Kier molecular flexibility index (Phi) is 2.61. The molecule has 2 rings (SSSR count). The van der Waals surface area contributed by atoms with Gasteiger partial charge in [-0.15, -0.1) is 0 Å². The van der Waals surface area contributed by atoms with Gasteiger partial charge in [-0.05, 0) is 37.1 Å². The van der Waals surface area contributed by atoms with Crippen molar-refractivity contribution >= 4 is 0 Å². The molecule has 0 radical (unpaired) electrons. The van der Waals surface area contributed by atoms with Crippen LogP contribution < -0.4 is 5.32 Å². The summed E-state index contributed by atoms with van der Waals surface area (Å²) in [6.07, 6.45) is 3.67. The third-order valence-electron chi connectivity index (χ3n) is 4.41. The van der Waals surface area contributed by atoms with E-state index in [9.17, 15) is 0 Å². The molecule has 0 aliphatic carbocycles. The highest BCUT2D eigenvalue weighted by molar-refractivity contribution is 4.98. The van der Waals surface area contributed by atoms with Gasteiger partial charge in [0.15, 0.2) is 0 Å². The Morgan fingerprint density at radius 2 is 2.07 bits per heavy atom. The van der Waals surface area contributed by atoms with Crippen molar-refractivity contribution in [2.75, 3.05) is 19.7 Å². The van der Waals surface area contributed by atoms with E-state index < -0.39 is 0 Å². The van der Waals surface area contributed by atoms with Crippen LogP contribution >= 0.6 is 0 Å². The maximum Gasteiger partial charge on any atom is 0.0823 e. The fourth-order valence-corrected chi connectivity index (χ4v) is 2.86. The zero-order valence-electron chi connectivity index (χ0n) is 9.73. The van der Waals surface area contributed by atoms with Crippen molar-refractivity contribution in [3.05, 3.63) is 0 Å². The van der Waals surface area contributed by atoms with Gasteiger partial charge in [-0.1, -0.05) is 20.8 Å². The van der Waals surface area contributed by atoms with Gasteiger partial charge < -0.3 is 10.1 Å². The van der Waals surface area contributed by atoms with E-state index in [2.05, 4.69) is 26.1 Å². The van der Waals surface area contributed by atoms with Crippen molar-refractivity contribution in [3.63, 3.8) is 0 Å². The minimum absolute atomic E-state index is 0.178. The quantitative estimate of drug-likeness (QED) is 0.696. The lowest BCUT2D eigenvalue weighted by atomic mass is 9.67. The van der Waals surface area contributed by atoms with E-state index in [-0.39, 0.29) is 5.60 Å². The summed E-state index contributed by atoms with van der Waals surface area (Å²) >= 11 is 0. The molecule has 0 aromatic carbocycles. The number of rotatable bonds is 1. The lowest BCUT2D eigenvalue weighted by molar-refractivity contribution is -0.121. The molecule has 0 amide bonds. The Bertz CT molecular complexity index is 204. The first-order valence-electron chi connectivity index (χ1n) is 5.91. The van der Waals surface area contributed by atoms with Gasteiger partial charge in [0, 0.05) is 13.2 Å². The fourth-order valence-electron chi connectivity index (χ4n) is 2.86. The average molecular weight is 197 g/mol. The summed E-state index contributed by atoms with van der Waals surface area (Å²) in [5.74, 6) is 0.767. The van der Waals surface area contributed by atoms with Crippen LogP contribution in [0.4, 0.5) is 0 Å². The second-order valence-electron chi connectivity index (χ2n) is 5.69. The standard InChI is InChI=1S/C12H23NO/c1-10(2)11(3)5-7-14-12(8-11)4-6-13-9-12/h10,13H,4-9H2,1-3H3. The predicted molar refractivity (Wildman–Crippen MR) is 58.3 cm³/mol. The fraction of sp³-hybridized carbons (Fsp3) is 1.00. The topological polar surface area (TPSA) is 21.3 Å². The summed E-state index contributed by atoms with van der Waals surface area (Å²) in [6.45, 7) is 10.3. The SMILES string of the molecule is CC(C)C1(C)CCOC2(CCNC2)C1. The highest BCUT2D eigenvalue weighted by Gasteiger charge is 2.46. The summed E-state index contributed by atoms with van der Waals surface area (Å²) in [5, 5.41) is 3.43. The molecule has 14 heavy (non-hydrogen) atoms. The smallest absolute Gasteiger partial charge is 0.0823 e. The molecule has 0 saturated carbocycles. The molecule has 82 valence electrons. The van der Waals surface area contributed by atoms with Gasteiger partial charge in [-0.2, -0.15) is 0 Å². The summed E-state index contributed by atoms with van der Waals surface area (Å²) in [6, 6.07) is 0. The van der Waals surface area contributed by atoms with Gasteiger partial charge in [0.05, 0.1) is 5.60 Å². The molecular formula is C12H23NO. The van der Waals surface area contributed by atoms with Crippen molar-refractivity contribution in [1.29, 1.82) is 0 Å². The zero-order chi connectivity index (χ0) is 10.2. The third kappa shape index (κ3) is 1.70. The molecule has 0 bridgehead atoms. The number of ether oxygens (including phenoxy) is 1. The maximum absolute atomic E-state index is 6.01. The van der Waals surface area contributed by atoms with Crippen molar-refractivity contribution in [1.82, 2.24) is 5.32 Å². The molecule has 2 heteroatoms. The van der Waals surface area contributed by atoms with E-state index in [1.54, 1.807) is 0 Å². The normalized spacial score (nSPS) is 43.7. The first-order valence-corrected chi connectivity index (χ1v) is 5.91. The van der Waals surface area contributed by atoms with Gasteiger partial charge in [0.2, 0.25) is 0 Å². The summed E-state index contributed by atoms with van der Waals surface area (Å²) < 4.78 is 6.01. The number of hydrogen-bond acceptors (Lipinski definition) is 2. The van der Waals surface area contributed by atoms with Crippen LogP contribution in [0.3, 0.4) is 0 Å². The Labute approximate surface area is 87.4 Å². The Morgan fingerprint density at radius 1 is 1.29 bits per heavy atom. The molecule has 0 aromatic heterocycles. The molecule has 2 aliphatic rings. The Morgan fingerprint density at radius 3 is 2.64 bits per heavy atom. The van der Waals surface area contributed by atoms with Crippen LogP contribution in [-0.2, 0) is 4.74 Å². The largest absolute Gasteiger partial charge is 0.374 e. The van der Waals surface area contributed by atoms with Crippen LogP contribution in [0.25, 0.3) is 0 Å². The second kappa shape index (κ2) is 3.49. The molecular weight excluding hydrogens is 174 g/mol. The van der Waals surface area contributed by atoms with Crippen LogP contribution in [0.1, 0.15) is 40.0 Å². The number of hydrogen-bond donors (Lipinski definition) is 1. The van der Waals surface area contributed by atoms with Gasteiger partial charge >= 0.3 is 0 Å². The molecule has 2 aliphatic heterocycles. The van der Waals surface area contributed by atoms with Crippen LogP contribution in [0.15, 0.2) is 0 Å². The number of nitrogens with one attached hydrogen (secondary N) is 1. The molecule has 1 spiro atoms.